The average molecular weight is 523 g/mol. The molecule has 8 saturated carbocycles. The Labute approximate surface area is 230 Å². The number of hydrogen-bond donors (Lipinski definition) is 0. The highest BCUT2D eigenvalue weighted by atomic mass is 16.6. The number of carbonyl (C=O) groups is 2. The molecule has 210 valence electrons. The number of carbonyl (C=O) groups excluding carboxylic acids is 2. The second kappa shape index (κ2) is 9.23. The zero-order valence-corrected chi connectivity index (χ0v) is 24.5. The Hall–Kier alpha value is -1.58. The molecule has 4 heteroatoms. The Kier molecular flexibility index (Phi) is 6.47. The molecule has 4 nitrogen and oxygen atoms in total. The van der Waals surface area contributed by atoms with E-state index in [0.29, 0.717) is 52.6 Å². The van der Waals surface area contributed by atoms with Crippen molar-refractivity contribution < 1.29 is 19.1 Å². The third-order valence-electron chi connectivity index (χ3n) is 12.7. The van der Waals surface area contributed by atoms with Crippen LogP contribution in [0.3, 0.4) is 0 Å². The van der Waals surface area contributed by atoms with Crippen LogP contribution in [0.4, 0.5) is 0 Å². The molecule has 0 radical (unpaired) electrons. The van der Waals surface area contributed by atoms with E-state index < -0.39 is 5.60 Å². The van der Waals surface area contributed by atoms with Gasteiger partial charge in [0.15, 0.2) is 0 Å². The zero-order valence-electron chi connectivity index (χ0n) is 24.5. The third kappa shape index (κ3) is 3.81. The molecule has 0 saturated heterocycles. The second-order valence-corrected chi connectivity index (χ2v) is 15.2. The van der Waals surface area contributed by atoms with E-state index in [1.54, 1.807) is 13.8 Å². The minimum Gasteiger partial charge on any atom is -0.455 e. The molecular weight excluding hydrogens is 472 g/mol. The van der Waals surface area contributed by atoms with Gasteiger partial charge < -0.3 is 9.47 Å². The Bertz CT molecular complexity index is 996. The van der Waals surface area contributed by atoms with Gasteiger partial charge in [0, 0.05) is 17.1 Å². The number of rotatable bonds is 8. The van der Waals surface area contributed by atoms with Gasteiger partial charge in [-0.3, -0.25) is 0 Å². The van der Waals surface area contributed by atoms with Crippen LogP contribution in [-0.4, -0.2) is 23.1 Å². The summed E-state index contributed by atoms with van der Waals surface area (Å²) in [4.78, 5) is 26.2. The van der Waals surface area contributed by atoms with Crippen LogP contribution in [0.5, 0.6) is 0 Å². The number of esters is 2. The third-order valence-corrected chi connectivity index (χ3v) is 12.7. The van der Waals surface area contributed by atoms with Crippen molar-refractivity contribution in [1.29, 1.82) is 0 Å². The highest BCUT2D eigenvalue weighted by Crippen LogP contribution is 2.67. The molecular formula is C34H50O4. The molecule has 0 aromatic carbocycles. The average Bonchev–Trinajstić information content (AvgIpc) is 2.84. The van der Waals surface area contributed by atoms with Gasteiger partial charge in [0.1, 0.15) is 11.2 Å². The lowest BCUT2D eigenvalue weighted by molar-refractivity contribution is -0.251. The maximum atomic E-state index is 13.2. The first-order valence-electron chi connectivity index (χ1n) is 15.7. The fourth-order valence-corrected chi connectivity index (χ4v) is 11.7. The number of ether oxygens (including phenoxy) is 2. The molecule has 8 aliphatic carbocycles. The predicted molar refractivity (Wildman–Crippen MR) is 149 cm³/mol. The largest absolute Gasteiger partial charge is 0.455 e. The summed E-state index contributed by atoms with van der Waals surface area (Å²) in [5.74, 6) is 5.56. The summed E-state index contributed by atoms with van der Waals surface area (Å²) in [7, 11) is 0. The van der Waals surface area contributed by atoms with Gasteiger partial charge in [0.25, 0.3) is 0 Å². The van der Waals surface area contributed by atoms with E-state index in [1.165, 1.54) is 57.8 Å². The molecule has 0 aromatic rings. The smallest absolute Gasteiger partial charge is 0.333 e. The summed E-state index contributed by atoms with van der Waals surface area (Å²) < 4.78 is 13.3. The fraction of sp³-hybridized carbons (Fsp3) is 0.824. The van der Waals surface area contributed by atoms with Gasteiger partial charge in [0.2, 0.25) is 0 Å². The summed E-state index contributed by atoms with van der Waals surface area (Å²) in [6, 6.07) is 0. The van der Waals surface area contributed by atoms with E-state index in [9.17, 15) is 9.59 Å². The predicted octanol–water partition coefficient (Wildman–Crippen LogP) is 7.52. The van der Waals surface area contributed by atoms with Gasteiger partial charge in [-0.2, -0.15) is 0 Å². The Morgan fingerprint density at radius 1 is 0.711 bits per heavy atom. The van der Waals surface area contributed by atoms with Crippen molar-refractivity contribution in [2.24, 2.45) is 65.1 Å². The van der Waals surface area contributed by atoms with Crippen molar-refractivity contribution >= 4 is 11.9 Å². The van der Waals surface area contributed by atoms with E-state index in [4.69, 9.17) is 9.47 Å². The normalized spacial score (nSPS) is 46.7. The molecule has 7 atom stereocenters. The minimum absolute atomic E-state index is 0.193. The van der Waals surface area contributed by atoms with Crippen LogP contribution >= 0.6 is 0 Å². The molecule has 8 rings (SSSR count). The lowest BCUT2D eigenvalue weighted by atomic mass is 9.42. The van der Waals surface area contributed by atoms with E-state index in [-0.39, 0.29) is 23.5 Å². The maximum absolute atomic E-state index is 13.2. The van der Waals surface area contributed by atoms with Gasteiger partial charge >= 0.3 is 11.9 Å². The second-order valence-electron chi connectivity index (χ2n) is 15.2. The van der Waals surface area contributed by atoms with Crippen molar-refractivity contribution in [3.05, 3.63) is 24.3 Å². The first-order valence-corrected chi connectivity index (χ1v) is 15.7. The quantitative estimate of drug-likeness (QED) is 0.244. The van der Waals surface area contributed by atoms with E-state index in [2.05, 4.69) is 33.9 Å². The van der Waals surface area contributed by atoms with Crippen molar-refractivity contribution in [2.75, 3.05) is 0 Å². The topological polar surface area (TPSA) is 52.6 Å². The number of hydrogen-bond acceptors (Lipinski definition) is 4. The fourth-order valence-electron chi connectivity index (χ4n) is 11.7. The molecule has 0 spiro atoms. The monoisotopic (exact) mass is 522 g/mol. The molecule has 0 aromatic heterocycles. The van der Waals surface area contributed by atoms with Crippen molar-refractivity contribution in [2.45, 2.75) is 110 Å². The SMILES string of the molecule is C=C(C)C(=O)OC1(C(C)CC2C3CC4CC(C3)C(OC(=O)C(=C)C)(C(C)C)C2C4)C2CC3CC(C2)CC1C3. The van der Waals surface area contributed by atoms with Crippen molar-refractivity contribution in [3.63, 3.8) is 0 Å². The van der Waals surface area contributed by atoms with Crippen LogP contribution in [0.25, 0.3) is 0 Å². The van der Waals surface area contributed by atoms with E-state index in [0.717, 1.165) is 24.2 Å². The molecule has 7 unspecified atom stereocenters. The van der Waals surface area contributed by atoms with Crippen LogP contribution in [0.2, 0.25) is 0 Å². The first-order chi connectivity index (χ1) is 18.0. The summed E-state index contributed by atoms with van der Waals surface area (Å²) in [6.07, 6.45) is 12.2. The highest BCUT2D eigenvalue weighted by Gasteiger charge is 2.67. The summed E-state index contributed by atoms with van der Waals surface area (Å²) >= 11 is 0. The Balaban J connectivity index is 1.34. The lowest BCUT2D eigenvalue weighted by Gasteiger charge is -2.66. The van der Waals surface area contributed by atoms with Gasteiger partial charge in [-0.25, -0.2) is 9.59 Å². The molecule has 0 amide bonds. The summed E-state index contributed by atoms with van der Waals surface area (Å²) in [5, 5.41) is 0. The molecule has 0 heterocycles. The van der Waals surface area contributed by atoms with E-state index in [1.807, 2.05) is 0 Å². The minimum atomic E-state index is -0.403. The van der Waals surface area contributed by atoms with Gasteiger partial charge in [-0.1, -0.05) is 33.9 Å². The standard InChI is InChI=1S/C34H50O4/c1-18(2)31(35)37-33(20(5)6)28-15-24-10-25(17-28)29(30(33)16-24)8-21(7)34(38-32(36)19(3)4)26-11-22-9-23(13-26)14-27(34)12-22/h20-30H,1,3,8-17H2,2,4-7H3. The summed E-state index contributed by atoms with van der Waals surface area (Å²) in [6.45, 7) is 18.4. The van der Waals surface area contributed by atoms with E-state index >= 15 is 0 Å². The van der Waals surface area contributed by atoms with Gasteiger partial charge in [-0.15, -0.1) is 0 Å². The molecule has 38 heavy (non-hydrogen) atoms. The van der Waals surface area contributed by atoms with Crippen molar-refractivity contribution in [3.8, 4) is 0 Å². The van der Waals surface area contributed by atoms with Crippen molar-refractivity contribution in [1.82, 2.24) is 0 Å². The van der Waals surface area contributed by atoms with Gasteiger partial charge in [0.05, 0.1) is 0 Å². The lowest BCUT2D eigenvalue weighted by Crippen LogP contribution is -2.67. The van der Waals surface area contributed by atoms with Gasteiger partial charge in [-0.05, 0) is 137 Å². The summed E-state index contributed by atoms with van der Waals surface area (Å²) in [5.41, 5.74) is 0.250. The van der Waals surface area contributed by atoms with Crippen LogP contribution < -0.4 is 0 Å². The zero-order chi connectivity index (χ0) is 27.1. The molecule has 8 aliphatic rings. The highest BCUT2D eigenvalue weighted by molar-refractivity contribution is 5.87. The molecule has 8 fully saturated rings. The Morgan fingerprint density at radius 2 is 1.18 bits per heavy atom. The maximum Gasteiger partial charge on any atom is 0.333 e. The van der Waals surface area contributed by atoms with Crippen LogP contribution in [0, 0.1) is 65.1 Å². The molecule has 8 bridgehead atoms. The molecule has 0 N–H and O–H groups in total. The van der Waals surface area contributed by atoms with Crippen LogP contribution in [0.15, 0.2) is 24.3 Å². The van der Waals surface area contributed by atoms with Crippen LogP contribution in [-0.2, 0) is 19.1 Å². The first kappa shape index (κ1) is 26.6. The Morgan fingerprint density at radius 3 is 1.68 bits per heavy atom. The van der Waals surface area contributed by atoms with Crippen LogP contribution in [0.1, 0.15) is 98.8 Å². The molecule has 0 aliphatic heterocycles.